The zero-order valence-corrected chi connectivity index (χ0v) is 18.1. The molecule has 3 heterocycles. The number of benzene rings is 1. The van der Waals surface area contributed by atoms with E-state index in [1.807, 2.05) is 17.0 Å². The van der Waals surface area contributed by atoms with Crippen LogP contribution in [0.2, 0.25) is 0 Å². The van der Waals surface area contributed by atoms with E-state index < -0.39 is 0 Å². The van der Waals surface area contributed by atoms with Crippen LogP contribution in [0.25, 0.3) is 11.5 Å². The van der Waals surface area contributed by atoms with E-state index in [4.69, 9.17) is 9.47 Å². The lowest BCUT2D eigenvalue weighted by molar-refractivity contribution is -0.131. The number of piperidine rings is 1. The Kier molecular flexibility index (Phi) is 6.44. The molecule has 32 heavy (non-hydrogen) atoms. The molecule has 1 aromatic carbocycles. The van der Waals surface area contributed by atoms with Crippen molar-refractivity contribution < 1.29 is 14.3 Å². The van der Waals surface area contributed by atoms with E-state index in [0.717, 1.165) is 18.4 Å². The molecule has 0 aliphatic carbocycles. The number of H-pyrrole nitrogens is 1. The van der Waals surface area contributed by atoms with Gasteiger partial charge < -0.3 is 19.4 Å². The first-order valence-corrected chi connectivity index (χ1v) is 10.4. The summed E-state index contributed by atoms with van der Waals surface area (Å²) in [6.07, 6.45) is 6.64. The van der Waals surface area contributed by atoms with Crippen LogP contribution in [-0.4, -0.2) is 58.1 Å². The highest BCUT2D eigenvalue weighted by Crippen LogP contribution is 2.29. The van der Waals surface area contributed by atoms with Crippen LogP contribution in [0, 0.1) is 0 Å². The number of nitrogens with one attached hydrogen (secondary N) is 1. The van der Waals surface area contributed by atoms with E-state index in [9.17, 15) is 9.59 Å². The molecule has 9 heteroatoms. The molecule has 1 saturated heterocycles. The van der Waals surface area contributed by atoms with Crippen molar-refractivity contribution in [1.29, 1.82) is 0 Å². The van der Waals surface area contributed by atoms with Gasteiger partial charge in [-0.05, 0) is 30.5 Å². The first-order valence-electron chi connectivity index (χ1n) is 10.4. The number of carbonyl (C=O) groups excluding carboxylic acids is 1. The standard InChI is InChI=1S/C23H25N5O4/c1-31-19-6-5-15(10-20(19)32-2)11-22(30)28-9-3-4-16(14-28)17-12-21(29)27-23(26-17)18-13-24-7-8-25-18/h5-8,10,12-13,16H,3-4,9,11,14H2,1-2H3,(H,26,27,29). The second-order valence-electron chi connectivity index (χ2n) is 7.65. The Balaban J connectivity index is 1.50. The Morgan fingerprint density at radius 1 is 1.19 bits per heavy atom. The summed E-state index contributed by atoms with van der Waals surface area (Å²) in [6.45, 7) is 1.20. The number of nitrogens with zero attached hydrogens (tertiary/aromatic N) is 4. The van der Waals surface area contributed by atoms with Crippen molar-refractivity contribution in [3.05, 3.63) is 64.5 Å². The van der Waals surface area contributed by atoms with Crippen LogP contribution < -0.4 is 15.0 Å². The number of aromatic amines is 1. The molecular weight excluding hydrogens is 410 g/mol. The maximum Gasteiger partial charge on any atom is 0.251 e. The Hall–Kier alpha value is -3.75. The highest BCUT2D eigenvalue weighted by Gasteiger charge is 2.26. The zero-order valence-electron chi connectivity index (χ0n) is 18.1. The lowest BCUT2D eigenvalue weighted by Gasteiger charge is -2.32. The Morgan fingerprint density at radius 3 is 2.78 bits per heavy atom. The fourth-order valence-corrected chi connectivity index (χ4v) is 3.95. The molecule has 1 aliphatic rings. The van der Waals surface area contributed by atoms with Gasteiger partial charge in [0.15, 0.2) is 17.3 Å². The first-order chi connectivity index (χ1) is 15.6. The second-order valence-corrected chi connectivity index (χ2v) is 7.65. The van der Waals surface area contributed by atoms with Crippen molar-refractivity contribution in [3.8, 4) is 23.0 Å². The first kappa shape index (κ1) is 21.5. The van der Waals surface area contributed by atoms with Gasteiger partial charge in [0.1, 0.15) is 5.69 Å². The van der Waals surface area contributed by atoms with Crippen LogP contribution in [0.5, 0.6) is 11.5 Å². The predicted octanol–water partition coefficient (Wildman–Crippen LogP) is 2.19. The van der Waals surface area contributed by atoms with Gasteiger partial charge >= 0.3 is 0 Å². The third kappa shape index (κ3) is 4.77. The number of hydrogen-bond donors (Lipinski definition) is 1. The molecule has 0 radical (unpaired) electrons. The summed E-state index contributed by atoms with van der Waals surface area (Å²) < 4.78 is 10.6. The average Bonchev–Trinajstić information content (AvgIpc) is 2.84. The third-order valence-electron chi connectivity index (χ3n) is 5.56. The van der Waals surface area contributed by atoms with E-state index in [-0.39, 0.29) is 23.8 Å². The van der Waals surface area contributed by atoms with Crippen LogP contribution in [0.15, 0.2) is 47.7 Å². The summed E-state index contributed by atoms with van der Waals surface area (Å²) in [6, 6.07) is 7.00. The van der Waals surface area contributed by atoms with E-state index >= 15 is 0 Å². The van der Waals surface area contributed by atoms with E-state index in [1.165, 1.54) is 6.07 Å². The highest BCUT2D eigenvalue weighted by atomic mass is 16.5. The van der Waals surface area contributed by atoms with Crippen LogP contribution in [0.4, 0.5) is 0 Å². The topological polar surface area (TPSA) is 110 Å². The number of ether oxygens (including phenoxy) is 2. The highest BCUT2D eigenvalue weighted by molar-refractivity contribution is 5.79. The molecule has 1 unspecified atom stereocenters. The summed E-state index contributed by atoms with van der Waals surface area (Å²) in [4.78, 5) is 42.7. The van der Waals surface area contributed by atoms with Crippen molar-refractivity contribution in [2.45, 2.75) is 25.2 Å². The maximum atomic E-state index is 13.0. The fraction of sp³-hybridized carbons (Fsp3) is 0.348. The number of rotatable bonds is 6. The Morgan fingerprint density at radius 2 is 2.03 bits per heavy atom. The van der Waals surface area contributed by atoms with Gasteiger partial charge in [0.25, 0.3) is 5.56 Å². The van der Waals surface area contributed by atoms with Gasteiger partial charge in [-0.15, -0.1) is 0 Å². The predicted molar refractivity (Wildman–Crippen MR) is 118 cm³/mol. The number of aromatic nitrogens is 4. The molecule has 9 nitrogen and oxygen atoms in total. The Labute approximate surface area is 185 Å². The number of hydrogen-bond acceptors (Lipinski definition) is 7. The van der Waals surface area contributed by atoms with Crippen molar-refractivity contribution >= 4 is 5.91 Å². The van der Waals surface area contributed by atoms with Gasteiger partial charge in [-0.3, -0.25) is 14.6 Å². The molecule has 166 valence electrons. The molecule has 3 aromatic rings. The molecule has 1 fully saturated rings. The molecule has 0 bridgehead atoms. The second kappa shape index (κ2) is 9.59. The van der Waals surface area contributed by atoms with Crippen LogP contribution >= 0.6 is 0 Å². The quantitative estimate of drug-likeness (QED) is 0.632. The largest absolute Gasteiger partial charge is 0.493 e. The van der Waals surface area contributed by atoms with Gasteiger partial charge in [0, 0.05) is 37.5 Å². The number of carbonyl (C=O) groups is 1. The minimum absolute atomic E-state index is 0.0178. The van der Waals surface area contributed by atoms with Gasteiger partial charge in [-0.1, -0.05) is 6.07 Å². The lowest BCUT2D eigenvalue weighted by atomic mass is 9.94. The summed E-state index contributed by atoms with van der Waals surface area (Å²) in [5, 5.41) is 0. The van der Waals surface area contributed by atoms with Crippen molar-refractivity contribution in [1.82, 2.24) is 24.8 Å². The maximum absolute atomic E-state index is 13.0. The van der Waals surface area contributed by atoms with Crippen molar-refractivity contribution in [3.63, 3.8) is 0 Å². The molecule has 1 N–H and O–H groups in total. The van der Waals surface area contributed by atoms with E-state index in [2.05, 4.69) is 19.9 Å². The van der Waals surface area contributed by atoms with Crippen LogP contribution in [-0.2, 0) is 11.2 Å². The summed E-state index contributed by atoms with van der Waals surface area (Å²) in [5.74, 6) is 1.62. The molecule has 4 rings (SSSR count). The molecule has 0 spiro atoms. The van der Waals surface area contributed by atoms with Gasteiger partial charge in [-0.2, -0.15) is 0 Å². The van der Waals surface area contributed by atoms with Crippen molar-refractivity contribution in [2.24, 2.45) is 0 Å². The molecule has 1 aliphatic heterocycles. The van der Waals surface area contributed by atoms with Gasteiger partial charge in [0.05, 0.1) is 32.5 Å². The molecule has 0 saturated carbocycles. The smallest absolute Gasteiger partial charge is 0.251 e. The van der Waals surface area contributed by atoms with Crippen LogP contribution in [0.3, 0.4) is 0 Å². The molecular formula is C23H25N5O4. The van der Waals surface area contributed by atoms with Crippen molar-refractivity contribution in [2.75, 3.05) is 27.3 Å². The Bertz CT molecular complexity index is 1150. The number of amides is 1. The average molecular weight is 435 g/mol. The number of methoxy groups -OCH3 is 2. The molecule has 2 aromatic heterocycles. The zero-order chi connectivity index (χ0) is 22.5. The van der Waals surface area contributed by atoms with Gasteiger partial charge in [0.2, 0.25) is 5.91 Å². The lowest BCUT2D eigenvalue weighted by Crippen LogP contribution is -2.40. The minimum Gasteiger partial charge on any atom is -0.493 e. The molecule has 1 amide bonds. The van der Waals surface area contributed by atoms with E-state index in [0.29, 0.717) is 41.8 Å². The van der Waals surface area contributed by atoms with Gasteiger partial charge in [-0.25, -0.2) is 9.97 Å². The van der Waals surface area contributed by atoms with E-state index in [1.54, 1.807) is 38.9 Å². The normalized spacial score (nSPS) is 15.9. The third-order valence-corrected chi connectivity index (χ3v) is 5.56. The fourth-order valence-electron chi connectivity index (χ4n) is 3.95. The SMILES string of the molecule is COc1ccc(CC(=O)N2CCCC(c3cc(=O)[nH]c(-c4cnccn4)n3)C2)cc1OC. The monoisotopic (exact) mass is 435 g/mol. The molecule has 1 atom stereocenters. The summed E-state index contributed by atoms with van der Waals surface area (Å²) in [5.41, 5.74) is 1.78. The number of likely N-dealkylation sites (tertiary alicyclic amines) is 1. The minimum atomic E-state index is -0.246. The summed E-state index contributed by atoms with van der Waals surface area (Å²) in [7, 11) is 3.15. The summed E-state index contributed by atoms with van der Waals surface area (Å²) >= 11 is 0. The van der Waals surface area contributed by atoms with Crippen LogP contribution in [0.1, 0.15) is 30.0 Å².